The summed E-state index contributed by atoms with van der Waals surface area (Å²) in [4.78, 5) is 0. The van der Waals surface area contributed by atoms with Gasteiger partial charge in [0.05, 0.1) is 16.1 Å². The molecule has 0 aromatic heterocycles. The molecule has 1 unspecified atom stereocenters. The molecule has 0 saturated carbocycles. The zero-order valence-electron chi connectivity index (χ0n) is 11.5. The highest BCUT2D eigenvalue weighted by atomic mass is 79.9. The number of hydrogen-bond donors (Lipinski definition) is 1. The van der Waals surface area contributed by atoms with Crippen molar-refractivity contribution in [3.8, 4) is 0 Å². The van der Waals surface area contributed by atoms with Gasteiger partial charge in [0.25, 0.3) is 0 Å². The summed E-state index contributed by atoms with van der Waals surface area (Å²) in [6, 6.07) is 7.81. The molecule has 0 aliphatic rings. The fourth-order valence-corrected chi connectivity index (χ4v) is 2.54. The minimum atomic E-state index is -1.42. The SMILES string of the molecule is CC(C)(c1ccc(F)cc1)C(O)c1c(F)ccc(Br)c1F. The lowest BCUT2D eigenvalue weighted by Crippen LogP contribution is -2.28. The van der Waals surface area contributed by atoms with Crippen molar-refractivity contribution in [2.24, 2.45) is 0 Å². The van der Waals surface area contributed by atoms with Crippen LogP contribution in [0.5, 0.6) is 0 Å². The van der Waals surface area contributed by atoms with E-state index in [0.717, 1.165) is 6.07 Å². The Morgan fingerprint density at radius 1 is 1.00 bits per heavy atom. The van der Waals surface area contributed by atoms with E-state index in [-0.39, 0.29) is 4.47 Å². The van der Waals surface area contributed by atoms with Gasteiger partial charge < -0.3 is 5.11 Å². The molecule has 0 bridgehead atoms. The average molecular weight is 359 g/mol. The highest BCUT2D eigenvalue weighted by Gasteiger charge is 2.35. The lowest BCUT2D eigenvalue weighted by molar-refractivity contribution is 0.0924. The van der Waals surface area contributed by atoms with Crippen LogP contribution >= 0.6 is 15.9 Å². The van der Waals surface area contributed by atoms with Gasteiger partial charge in [-0.1, -0.05) is 26.0 Å². The largest absolute Gasteiger partial charge is 0.387 e. The summed E-state index contributed by atoms with van der Waals surface area (Å²) in [6.07, 6.45) is -1.42. The van der Waals surface area contributed by atoms with Crippen LogP contribution in [-0.2, 0) is 5.41 Å². The second-order valence-electron chi connectivity index (χ2n) is 5.39. The van der Waals surface area contributed by atoms with Crippen molar-refractivity contribution in [3.05, 3.63) is 69.4 Å². The van der Waals surface area contributed by atoms with Gasteiger partial charge in [0.2, 0.25) is 0 Å². The maximum absolute atomic E-state index is 14.1. The molecule has 0 saturated heterocycles. The third kappa shape index (κ3) is 2.99. The monoisotopic (exact) mass is 358 g/mol. The number of rotatable bonds is 3. The van der Waals surface area contributed by atoms with Crippen molar-refractivity contribution in [3.63, 3.8) is 0 Å². The van der Waals surface area contributed by atoms with E-state index in [0.29, 0.717) is 5.56 Å². The molecule has 2 aromatic carbocycles. The Hall–Kier alpha value is -1.33. The van der Waals surface area contributed by atoms with Gasteiger partial charge in [-0.05, 0) is 45.8 Å². The predicted octanol–water partition coefficient (Wildman–Crippen LogP) is 4.88. The van der Waals surface area contributed by atoms with Gasteiger partial charge in [-0.15, -0.1) is 0 Å². The Bertz CT molecular complexity index is 653. The normalized spacial score (nSPS) is 13.3. The molecule has 2 aromatic rings. The van der Waals surface area contributed by atoms with Gasteiger partial charge in [0.15, 0.2) is 0 Å². The molecule has 0 amide bonds. The van der Waals surface area contributed by atoms with E-state index >= 15 is 0 Å². The Balaban J connectivity index is 2.50. The fraction of sp³-hybridized carbons (Fsp3) is 0.250. The van der Waals surface area contributed by atoms with Crippen LogP contribution in [0.25, 0.3) is 0 Å². The van der Waals surface area contributed by atoms with Crippen LogP contribution in [0.2, 0.25) is 0 Å². The van der Waals surface area contributed by atoms with Crippen LogP contribution < -0.4 is 0 Å². The first-order valence-corrected chi connectivity index (χ1v) is 7.12. The van der Waals surface area contributed by atoms with Crippen LogP contribution in [0.1, 0.15) is 31.1 Å². The first-order valence-electron chi connectivity index (χ1n) is 6.32. The molecule has 0 spiro atoms. The van der Waals surface area contributed by atoms with E-state index in [9.17, 15) is 18.3 Å². The van der Waals surface area contributed by atoms with Crippen LogP contribution in [-0.4, -0.2) is 5.11 Å². The molecule has 0 fully saturated rings. The lowest BCUT2D eigenvalue weighted by atomic mass is 9.76. The minimum absolute atomic E-state index is 0.0767. The van der Waals surface area contributed by atoms with E-state index in [2.05, 4.69) is 15.9 Å². The second-order valence-corrected chi connectivity index (χ2v) is 6.24. The van der Waals surface area contributed by atoms with Gasteiger partial charge in [-0.25, -0.2) is 13.2 Å². The molecule has 1 N–H and O–H groups in total. The second kappa shape index (κ2) is 5.81. The summed E-state index contributed by atoms with van der Waals surface area (Å²) in [5, 5.41) is 10.5. The Morgan fingerprint density at radius 3 is 2.14 bits per heavy atom. The Labute approximate surface area is 129 Å². The number of hydrogen-bond acceptors (Lipinski definition) is 1. The van der Waals surface area contributed by atoms with E-state index < -0.39 is 34.5 Å². The van der Waals surface area contributed by atoms with E-state index in [1.807, 2.05) is 0 Å². The lowest BCUT2D eigenvalue weighted by Gasteiger charge is -2.32. The average Bonchev–Trinajstić information content (AvgIpc) is 2.43. The van der Waals surface area contributed by atoms with E-state index in [4.69, 9.17) is 0 Å². The molecule has 112 valence electrons. The smallest absolute Gasteiger partial charge is 0.146 e. The van der Waals surface area contributed by atoms with E-state index in [1.165, 1.54) is 30.3 Å². The van der Waals surface area contributed by atoms with Crippen LogP contribution in [0, 0.1) is 17.5 Å². The Morgan fingerprint density at radius 2 is 1.57 bits per heavy atom. The van der Waals surface area contributed by atoms with Crippen molar-refractivity contribution in [2.45, 2.75) is 25.4 Å². The zero-order valence-corrected chi connectivity index (χ0v) is 13.1. The first-order chi connectivity index (χ1) is 9.75. The number of benzene rings is 2. The fourth-order valence-electron chi connectivity index (χ4n) is 2.19. The summed E-state index contributed by atoms with van der Waals surface area (Å²) >= 11 is 2.98. The molecule has 0 aliphatic heterocycles. The molecule has 1 nitrogen and oxygen atoms in total. The number of aliphatic hydroxyl groups is 1. The molecule has 2 rings (SSSR count). The highest BCUT2D eigenvalue weighted by Crippen LogP contribution is 2.40. The molecular formula is C16H14BrF3O. The highest BCUT2D eigenvalue weighted by molar-refractivity contribution is 9.10. The van der Waals surface area contributed by atoms with Crippen molar-refractivity contribution in [1.82, 2.24) is 0 Å². The standard InChI is InChI=1S/C16H14BrF3O/c1-16(2,9-3-5-10(18)6-4-9)15(21)13-12(19)8-7-11(17)14(13)20/h3-8,15,21H,1-2H3. The van der Waals surface area contributed by atoms with Crippen LogP contribution in [0.4, 0.5) is 13.2 Å². The Kier molecular flexibility index (Phi) is 4.44. The van der Waals surface area contributed by atoms with Crippen LogP contribution in [0.15, 0.2) is 40.9 Å². The van der Waals surface area contributed by atoms with Crippen LogP contribution in [0.3, 0.4) is 0 Å². The molecular weight excluding hydrogens is 345 g/mol. The molecule has 1 atom stereocenters. The molecule has 0 heterocycles. The third-order valence-corrected chi connectivity index (χ3v) is 4.24. The van der Waals surface area contributed by atoms with Gasteiger partial charge in [0, 0.05) is 5.41 Å². The number of halogens is 4. The molecule has 0 aliphatic carbocycles. The van der Waals surface area contributed by atoms with Gasteiger partial charge >= 0.3 is 0 Å². The predicted molar refractivity (Wildman–Crippen MR) is 78.4 cm³/mol. The summed E-state index contributed by atoms with van der Waals surface area (Å²) in [7, 11) is 0. The minimum Gasteiger partial charge on any atom is -0.387 e. The van der Waals surface area contributed by atoms with Gasteiger partial charge in [-0.2, -0.15) is 0 Å². The molecule has 21 heavy (non-hydrogen) atoms. The zero-order chi connectivity index (χ0) is 15.8. The van der Waals surface area contributed by atoms with Crippen molar-refractivity contribution in [2.75, 3.05) is 0 Å². The summed E-state index contributed by atoms with van der Waals surface area (Å²) in [5.41, 5.74) is -0.815. The quantitative estimate of drug-likeness (QED) is 0.775. The molecule has 0 radical (unpaired) electrons. The maximum Gasteiger partial charge on any atom is 0.146 e. The third-order valence-electron chi connectivity index (χ3n) is 3.62. The summed E-state index contributed by atoms with van der Waals surface area (Å²) < 4.78 is 41.1. The summed E-state index contributed by atoms with van der Waals surface area (Å²) in [6.45, 7) is 3.29. The summed E-state index contributed by atoms with van der Waals surface area (Å²) in [5.74, 6) is -2.07. The first kappa shape index (κ1) is 16.0. The van der Waals surface area contributed by atoms with Crippen molar-refractivity contribution in [1.29, 1.82) is 0 Å². The van der Waals surface area contributed by atoms with Crippen molar-refractivity contribution >= 4 is 15.9 Å². The topological polar surface area (TPSA) is 20.2 Å². The van der Waals surface area contributed by atoms with Crippen molar-refractivity contribution < 1.29 is 18.3 Å². The maximum atomic E-state index is 14.1. The van der Waals surface area contributed by atoms with Gasteiger partial charge in [0.1, 0.15) is 17.5 Å². The number of aliphatic hydroxyl groups excluding tert-OH is 1. The van der Waals surface area contributed by atoms with E-state index in [1.54, 1.807) is 13.8 Å². The molecule has 5 heteroatoms. The van der Waals surface area contributed by atoms with Gasteiger partial charge in [-0.3, -0.25) is 0 Å².